The first-order valence-electron chi connectivity index (χ1n) is 23.5. The van der Waals surface area contributed by atoms with E-state index in [0.717, 1.165) is 42.4 Å². The van der Waals surface area contributed by atoms with E-state index in [1.54, 1.807) is 80.8 Å². The average Bonchev–Trinajstić information content (AvgIpc) is 3.85. The second-order valence-corrected chi connectivity index (χ2v) is 22.8. The van der Waals surface area contributed by atoms with E-state index in [4.69, 9.17) is 29.1 Å². The number of carbonyl (C=O) groups is 5. The summed E-state index contributed by atoms with van der Waals surface area (Å²) in [5.41, 5.74) is 2.96. The van der Waals surface area contributed by atoms with Crippen molar-refractivity contribution in [2.45, 2.75) is 83.9 Å². The molecule has 4 atom stereocenters. The van der Waals surface area contributed by atoms with Gasteiger partial charge in [-0.15, -0.1) is 0 Å². The first-order chi connectivity index (χ1) is 34.9. The van der Waals surface area contributed by atoms with Crippen molar-refractivity contribution < 1.29 is 74.0 Å². The number of rotatable bonds is 11. The van der Waals surface area contributed by atoms with Gasteiger partial charge in [-0.05, 0) is 144 Å². The Morgan fingerprint density at radius 1 is 0.667 bits per heavy atom. The normalized spacial score (nSPS) is 22.8. The minimum absolute atomic E-state index is 0.0374. The molecule has 0 saturated heterocycles. The number of hydrogen-bond donors (Lipinski definition) is 3. The van der Waals surface area contributed by atoms with Gasteiger partial charge in [0, 0.05) is 22.5 Å². The minimum Gasteiger partial charge on any atom is -0.497 e. The topological polar surface area (TPSA) is 275 Å². The van der Waals surface area contributed by atoms with E-state index in [-0.39, 0.29) is 72.5 Å². The number of Topliss-reactive ketones (excluding diaryl/α,β-unsaturated/α-hetero) is 2. The Labute approximate surface area is 437 Å². The fraction of sp³-hybridized carbons (Fsp3) is 0.357. The molecule has 3 N–H and O–H groups in total. The quantitative estimate of drug-likeness (QED) is 0.0240. The Bertz CT molecular complexity index is 3250. The van der Waals surface area contributed by atoms with E-state index in [0.29, 0.717) is 33.9 Å². The van der Waals surface area contributed by atoms with Crippen molar-refractivity contribution in [3.05, 3.63) is 124 Å². The van der Waals surface area contributed by atoms with E-state index in [2.05, 4.69) is 39.4 Å². The van der Waals surface area contributed by atoms with Crippen LogP contribution in [0.5, 0.6) is 23.0 Å². The van der Waals surface area contributed by atoms with Gasteiger partial charge in [-0.2, -0.15) is 22.1 Å². The summed E-state index contributed by atoms with van der Waals surface area (Å²) in [6.45, 7) is 14.4. The smallest absolute Gasteiger partial charge is 0.376 e. The van der Waals surface area contributed by atoms with E-state index >= 15 is 0 Å². The van der Waals surface area contributed by atoms with Gasteiger partial charge in [0.05, 0.1) is 26.2 Å². The zero-order chi connectivity index (χ0) is 56.1. The molecule has 75 heavy (non-hydrogen) atoms. The maximum atomic E-state index is 12.9. The van der Waals surface area contributed by atoms with Gasteiger partial charge < -0.3 is 24.1 Å². The van der Waals surface area contributed by atoms with Crippen LogP contribution in [0.15, 0.2) is 111 Å². The first-order valence-corrected chi connectivity index (χ1v) is 26.4. The molecule has 4 aliphatic rings. The molecule has 0 spiro atoms. The first kappa shape index (κ1) is 58.6. The Morgan fingerprint density at radius 3 is 1.60 bits per heavy atom. The Hall–Kier alpha value is -7.24. The van der Waals surface area contributed by atoms with Crippen LogP contribution in [0.25, 0.3) is 18.2 Å². The number of aliphatic carboxylic acids is 1. The molecule has 0 aliphatic heterocycles. The van der Waals surface area contributed by atoms with Crippen LogP contribution in [0.3, 0.4) is 0 Å². The Kier molecular flexibility index (Phi) is 17.8. The van der Waals surface area contributed by atoms with Gasteiger partial charge in [-0.3, -0.25) is 23.5 Å². The van der Waals surface area contributed by atoms with E-state index in [9.17, 15) is 45.4 Å². The van der Waals surface area contributed by atoms with E-state index in [1.807, 2.05) is 13.0 Å². The van der Waals surface area contributed by atoms with Crippen molar-refractivity contribution in [3.8, 4) is 29.1 Å². The lowest BCUT2D eigenvalue weighted by molar-refractivity contribution is -0.141. The maximum absolute atomic E-state index is 12.9. The maximum Gasteiger partial charge on any atom is 0.376 e. The summed E-state index contributed by atoms with van der Waals surface area (Å²) < 4.78 is 83.5. The second kappa shape index (κ2) is 22.7. The van der Waals surface area contributed by atoms with Crippen molar-refractivity contribution in [1.82, 2.24) is 0 Å². The van der Waals surface area contributed by atoms with Gasteiger partial charge >= 0.3 is 11.9 Å². The third-order valence-corrected chi connectivity index (χ3v) is 17.2. The lowest BCUT2D eigenvalue weighted by Gasteiger charge is -2.31. The molecule has 0 amide bonds. The van der Waals surface area contributed by atoms with Gasteiger partial charge in [-0.1, -0.05) is 77.9 Å². The largest absolute Gasteiger partial charge is 0.497 e. The number of aldehydes is 1. The average molecular weight is 1070 g/mol. The molecule has 0 heterocycles. The highest BCUT2D eigenvalue weighted by atomic mass is 32.2. The molecule has 4 unspecified atom stereocenters. The van der Waals surface area contributed by atoms with Crippen LogP contribution < -0.4 is 18.9 Å². The van der Waals surface area contributed by atoms with Crippen LogP contribution in [0.4, 0.5) is 0 Å². The molecule has 4 aromatic carbocycles. The van der Waals surface area contributed by atoms with Crippen LogP contribution in [0.2, 0.25) is 0 Å². The number of hydrogen-bond acceptors (Lipinski definition) is 14. The number of nitriles is 1. The van der Waals surface area contributed by atoms with Crippen molar-refractivity contribution in [2.75, 3.05) is 21.3 Å². The third-order valence-electron chi connectivity index (χ3n) is 15.4. The van der Waals surface area contributed by atoms with E-state index < -0.39 is 32.2 Å². The van der Waals surface area contributed by atoms with Crippen LogP contribution >= 0.6 is 0 Å². The Balaban J connectivity index is 0.000000189. The summed E-state index contributed by atoms with van der Waals surface area (Å²) in [7, 11) is -4.01. The molecule has 4 fully saturated rings. The highest BCUT2D eigenvalue weighted by Gasteiger charge is 2.65. The van der Waals surface area contributed by atoms with Crippen molar-refractivity contribution >= 4 is 68.3 Å². The predicted octanol–water partition coefficient (Wildman–Crippen LogP) is 9.49. The fourth-order valence-corrected chi connectivity index (χ4v) is 11.5. The molecule has 4 bridgehead atoms. The summed E-state index contributed by atoms with van der Waals surface area (Å²) >= 11 is 0. The highest BCUT2D eigenvalue weighted by molar-refractivity contribution is 7.86. The fourth-order valence-electron chi connectivity index (χ4n) is 10.3. The van der Waals surface area contributed by atoms with Gasteiger partial charge in [-0.25, -0.2) is 9.59 Å². The van der Waals surface area contributed by atoms with Gasteiger partial charge in [0.2, 0.25) is 6.29 Å². The number of aryl methyl sites for hydroxylation is 1. The summed E-state index contributed by atoms with van der Waals surface area (Å²) in [5.74, 6) is 0.383. The zero-order valence-electron chi connectivity index (χ0n) is 43.3. The van der Waals surface area contributed by atoms with E-state index in [1.165, 1.54) is 50.6 Å². The van der Waals surface area contributed by atoms with Crippen molar-refractivity contribution in [2.24, 2.45) is 33.5 Å². The number of carboxylic acid groups (broad SMARTS) is 1. The summed E-state index contributed by atoms with van der Waals surface area (Å²) in [4.78, 5) is 56.6. The molecular formula is C56H61NO16S2. The lowest BCUT2D eigenvalue weighted by atomic mass is 9.70. The number of esters is 1. The van der Waals surface area contributed by atoms with Gasteiger partial charge in [0.15, 0.2) is 23.1 Å². The molecule has 0 aromatic heterocycles. The predicted molar refractivity (Wildman–Crippen MR) is 278 cm³/mol. The van der Waals surface area contributed by atoms with Crippen molar-refractivity contribution in [1.29, 1.82) is 5.26 Å². The minimum atomic E-state index is -4.33. The standard InChI is InChI=1S/C18H22O4S.C17H20O4S.C11H9NO3.C10H10O5/c1-11-5-6-12(15(9-11)23(20,21)22)10-13-14-7-8-18(4,16(13)19)17(14,2)3;1-16(2)14-8-9-17(16,3)15(18)13(14)10-11-4-6-12(7-5-11)22(19,20)21;1-15-10-4-2-8(3-5-10)6-9(7-12)11(13)14;1-13-8-4-3-7(5-9(8)14-2)15-10(12)6-11/h5-6,9-10,14H,7-8H2,1-4H3,(H,20,21,22);4-7,10,14H,8-9H2,1-3H3,(H,19,20,21);2-6H,1H3,(H,13,14);3-6H,1-2H3. The SMILES string of the molecule is CC12CCC(C(=Cc3ccc(S(=O)(=O)O)cc3)C1=O)C2(C)C.COc1ccc(C=C(C#N)C(=O)O)cc1.COc1ccc(OC(=O)C=O)cc1OC.Cc1ccc(C=C2C(=O)C3(C)CCC2C3(C)C)c(S(=O)(=O)O)c1. The van der Waals surface area contributed by atoms with Crippen LogP contribution in [0.1, 0.15) is 89.5 Å². The highest BCUT2D eigenvalue weighted by Crippen LogP contribution is 2.67. The number of carbonyl (C=O) groups excluding carboxylic acids is 4. The molecule has 19 heteroatoms. The molecule has 398 valence electrons. The molecule has 4 saturated carbocycles. The second-order valence-electron chi connectivity index (χ2n) is 20.0. The number of allylic oxidation sites excluding steroid dienone is 2. The lowest BCUT2D eigenvalue weighted by Crippen LogP contribution is -2.32. The summed E-state index contributed by atoms with van der Waals surface area (Å²) in [6.07, 6.45) is 8.70. The molecule has 4 aromatic rings. The molecular weight excluding hydrogens is 1010 g/mol. The summed E-state index contributed by atoms with van der Waals surface area (Å²) in [6, 6.07) is 23.7. The Morgan fingerprint density at radius 2 is 1.17 bits per heavy atom. The van der Waals surface area contributed by atoms with Crippen molar-refractivity contribution in [3.63, 3.8) is 0 Å². The molecule has 8 rings (SSSR count). The van der Waals surface area contributed by atoms with Gasteiger partial charge in [0.25, 0.3) is 20.2 Å². The zero-order valence-corrected chi connectivity index (χ0v) is 44.9. The number of ketones is 2. The number of ether oxygens (including phenoxy) is 4. The van der Waals surface area contributed by atoms with Crippen LogP contribution in [0, 0.1) is 51.8 Å². The van der Waals surface area contributed by atoms with Crippen LogP contribution in [-0.2, 0) is 44.2 Å². The van der Waals surface area contributed by atoms with Crippen LogP contribution in [-0.4, -0.2) is 82.2 Å². The van der Waals surface area contributed by atoms with Gasteiger partial charge in [0.1, 0.15) is 28.0 Å². The molecule has 17 nitrogen and oxygen atoms in total. The molecule has 0 radical (unpaired) electrons. The number of methoxy groups -OCH3 is 3. The third kappa shape index (κ3) is 12.3. The number of nitrogens with zero attached hydrogens (tertiary/aromatic N) is 1. The summed E-state index contributed by atoms with van der Waals surface area (Å²) in [5, 5.41) is 17.2. The number of benzene rings is 4. The number of fused-ring (bicyclic) bond motifs is 4. The number of carboxylic acids is 1. The monoisotopic (exact) mass is 1070 g/mol. The molecule has 4 aliphatic carbocycles.